The summed E-state index contributed by atoms with van der Waals surface area (Å²) in [4.78, 5) is 24.6. The van der Waals surface area contributed by atoms with E-state index in [1.54, 1.807) is 60.7 Å². The summed E-state index contributed by atoms with van der Waals surface area (Å²) in [6.45, 7) is 4.51. The molecule has 36 heavy (non-hydrogen) atoms. The predicted molar refractivity (Wildman–Crippen MR) is 144 cm³/mol. The third-order valence-corrected chi connectivity index (χ3v) is 5.50. The topological polar surface area (TPSA) is 98.3 Å². The second-order valence-corrected chi connectivity index (χ2v) is 8.55. The van der Waals surface area contributed by atoms with Gasteiger partial charge in [-0.1, -0.05) is 11.6 Å². The van der Waals surface area contributed by atoms with E-state index in [1.165, 1.54) is 6.21 Å². The molecule has 2 N–H and O–H groups in total. The molecule has 0 fully saturated rings. The van der Waals surface area contributed by atoms with Crippen LogP contribution in [0, 0.1) is 0 Å². The first-order valence-corrected chi connectivity index (χ1v) is 12.3. The van der Waals surface area contributed by atoms with Gasteiger partial charge in [-0.15, -0.1) is 0 Å². The molecule has 10 heteroatoms. The van der Waals surface area contributed by atoms with Gasteiger partial charge in [-0.3, -0.25) is 9.59 Å². The number of anilines is 1. The van der Waals surface area contributed by atoms with E-state index in [1.807, 2.05) is 13.8 Å². The number of benzene rings is 3. The molecule has 3 aromatic carbocycles. The van der Waals surface area contributed by atoms with Gasteiger partial charge in [-0.05, 0) is 96.0 Å². The molecule has 0 aliphatic rings. The van der Waals surface area contributed by atoms with Crippen LogP contribution in [-0.4, -0.2) is 37.8 Å². The number of ether oxygens (including phenoxy) is 3. The van der Waals surface area contributed by atoms with Crippen molar-refractivity contribution in [2.24, 2.45) is 5.10 Å². The van der Waals surface area contributed by atoms with Crippen LogP contribution in [0.4, 0.5) is 5.69 Å². The zero-order valence-corrected chi connectivity index (χ0v) is 22.1. The van der Waals surface area contributed by atoms with Crippen LogP contribution in [0.2, 0.25) is 5.02 Å². The number of rotatable bonds is 11. The van der Waals surface area contributed by atoms with Crippen LogP contribution in [0.25, 0.3) is 0 Å². The number of nitrogens with zero attached hydrogens (tertiary/aromatic N) is 1. The Labute approximate surface area is 222 Å². The van der Waals surface area contributed by atoms with Crippen LogP contribution < -0.4 is 25.0 Å². The fourth-order valence-corrected chi connectivity index (χ4v) is 3.65. The zero-order valence-electron chi connectivity index (χ0n) is 19.7. The van der Waals surface area contributed by atoms with Gasteiger partial charge in [0, 0.05) is 16.3 Å². The van der Waals surface area contributed by atoms with Crippen molar-refractivity contribution in [2.75, 3.05) is 25.1 Å². The molecule has 0 unspecified atom stereocenters. The Kier molecular flexibility index (Phi) is 10.1. The minimum Gasteiger partial charge on any atom is -0.490 e. The summed E-state index contributed by atoms with van der Waals surface area (Å²) in [7, 11) is 0. The molecule has 0 radical (unpaired) electrons. The van der Waals surface area contributed by atoms with Crippen molar-refractivity contribution in [1.82, 2.24) is 5.43 Å². The average Bonchev–Trinajstić information content (AvgIpc) is 2.86. The van der Waals surface area contributed by atoms with E-state index in [0.29, 0.717) is 56.8 Å². The van der Waals surface area contributed by atoms with Crippen molar-refractivity contribution in [3.63, 3.8) is 0 Å². The summed E-state index contributed by atoms with van der Waals surface area (Å²) in [5.74, 6) is 0.868. The molecule has 0 saturated heterocycles. The van der Waals surface area contributed by atoms with Crippen molar-refractivity contribution in [1.29, 1.82) is 0 Å². The third-order valence-electron chi connectivity index (χ3n) is 4.63. The zero-order chi connectivity index (χ0) is 25.9. The lowest BCUT2D eigenvalue weighted by atomic mass is 10.2. The molecule has 3 rings (SSSR count). The summed E-state index contributed by atoms with van der Waals surface area (Å²) < 4.78 is 17.3. The summed E-state index contributed by atoms with van der Waals surface area (Å²) in [5, 5.41) is 7.33. The highest BCUT2D eigenvalue weighted by molar-refractivity contribution is 9.10. The van der Waals surface area contributed by atoms with Crippen molar-refractivity contribution in [3.8, 4) is 17.2 Å². The molecule has 2 amide bonds. The Balaban J connectivity index is 1.54. The third kappa shape index (κ3) is 8.00. The number of hydrogen-bond donors (Lipinski definition) is 2. The second-order valence-electron chi connectivity index (χ2n) is 7.26. The van der Waals surface area contributed by atoms with Gasteiger partial charge in [0.05, 0.1) is 23.9 Å². The molecule has 0 aliphatic heterocycles. The molecule has 188 valence electrons. The lowest BCUT2D eigenvalue weighted by Gasteiger charge is -2.11. The molecule has 0 spiro atoms. The highest BCUT2D eigenvalue weighted by atomic mass is 79.9. The maximum absolute atomic E-state index is 12.5. The van der Waals surface area contributed by atoms with Gasteiger partial charge in [-0.25, -0.2) is 5.43 Å². The van der Waals surface area contributed by atoms with Crippen molar-refractivity contribution >= 4 is 51.2 Å². The van der Waals surface area contributed by atoms with Gasteiger partial charge < -0.3 is 19.5 Å². The van der Waals surface area contributed by atoms with E-state index >= 15 is 0 Å². The van der Waals surface area contributed by atoms with Crippen LogP contribution >= 0.6 is 27.5 Å². The SMILES string of the molecule is CCOc1ccc(C(=O)N/N=C/c2ccc(OCC(=O)Nc3ccc(Cl)cc3)c(Br)c2)cc1OCC. The summed E-state index contributed by atoms with van der Waals surface area (Å²) in [6, 6.07) is 16.9. The molecular formula is C26H25BrClN3O5. The van der Waals surface area contributed by atoms with Crippen molar-refractivity contribution < 1.29 is 23.8 Å². The average molecular weight is 575 g/mol. The van der Waals surface area contributed by atoms with E-state index < -0.39 is 0 Å². The fraction of sp³-hybridized carbons (Fsp3) is 0.192. The van der Waals surface area contributed by atoms with Crippen LogP contribution in [-0.2, 0) is 4.79 Å². The van der Waals surface area contributed by atoms with Crippen molar-refractivity contribution in [2.45, 2.75) is 13.8 Å². The van der Waals surface area contributed by atoms with E-state index in [0.717, 1.165) is 0 Å². The summed E-state index contributed by atoms with van der Waals surface area (Å²) in [6.07, 6.45) is 1.50. The first-order valence-electron chi connectivity index (χ1n) is 11.1. The van der Waals surface area contributed by atoms with Gasteiger partial charge in [-0.2, -0.15) is 5.10 Å². The molecule has 0 bridgehead atoms. The van der Waals surface area contributed by atoms with E-state index in [9.17, 15) is 9.59 Å². The summed E-state index contributed by atoms with van der Waals surface area (Å²) >= 11 is 9.27. The molecule has 8 nitrogen and oxygen atoms in total. The normalized spacial score (nSPS) is 10.7. The van der Waals surface area contributed by atoms with E-state index in [2.05, 4.69) is 31.8 Å². The minimum atomic E-state index is -0.388. The maximum Gasteiger partial charge on any atom is 0.271 e. The second kappa shape index (κ2) is 13.5. The Morgan fingerprint density at radius 2 is 1.61 bits per heavy atom. The highest BCUT2D eigenvalue weighted by Gasteiger charge is 2.11. The number of carbonyl (C=O) groups is 2. The van der Waals surface area contributed by atoms with Crippen LogP contribution in [0.15, 0.2) is 70.2 Å². The van der Waals surface area contributed by atoms with Gasteiger partial charge in [0.25, 0.3) is 11.8 Å². The number of nitrogens with one attached hydrogen (secondary N) is 2. The van der Waals surface area contributed by atoms with Crippen molar-refractivity contribution in [3.05, 3.63) is 81.3 Å². The molecule has 0 aliphatic carbocycles. The molecule has 0 saturated carbocycles. The lowest BCUT2D eigenvalue weighted by Crippen LogP contribution is -2.20. The number of hydrazone groups is 1. The minimum absolute atomic E-state index is 0.170. The standard InChI is InChI=1S/C26H25BrClN3O5/c1-3-34-23-12-6-18(14-24(23)35-4-2)26(33)31-29-15-17-5-11-22(21(27)13-17)36-16-25(32)30-20-9-7-19(28)8-10-20/h5-15H,3-4,16H2,1-2H3,(H,30,32)(H,31,33)/b29-15+. The smallest absolute Gasteiger partial charge is 0.271 e. The Morgan fingerprint density at radius 3 is 2.31 bits per heavy atom. The van der Waals surface area contributed by atoms with Crippen LogP contribution in [0.5, 0.6) is 17.2 Å². The highest BCUT2D eigenvalue weighted by Crippen LogP contribution is 2.28. The first-order chi connectivity index (χ1) is 17.4. The Hall–Kier alpha value is -3.56. The molecule has 3 aromatic rings. The monoisotopic (exact) mass is 573 g/mol. The van der Waals surface area contributed by atoms with E-state index in [4.69, 9.17) is 25.8 Å². The molecular weight excluding hydrogens is 550 g/mol. The molecule has 0 aromatic heterocycles. The molecule has 0 heterocycles. The largest absolute Gasteiger partial charge is 0.490 e. The van der Waals surface area contributed by atoms with Gasteiger partial charge in [0.15, 0.2) is 18.1 Å². The van der Waals surface area contributed by atoms with E-state index in [-0.39, 0.29) is 18.4 Å². The summed E-state index contributed by atoms with van der Waals surface area (Å²) in [5.41, 5.74) is 4.22. The lowest BCUT2D eigenvalue weighted by molar-refractivity contribution is -0.118. The molecule has 0 atom stereocenters. The van der Waals surface area contributed by atoms with Crippen LogP contribution in [0.3, 0.4) is 0 Å². The van der Waals surface area contributed by atoms with Crippen LogP contribution in [0.1, 0.15) is 29.8 Å². The number of hydrogen-bond acceptors (Lipinski definition) is 6. The van der Waals surface area contributed by atoms with Gasteiger partial charge in [0.1, 0.15) is 5.75 Å². The maximum atomic E-state index is 12.5. The fourth-order valence-electron chi connectivity index (χ4n) is 3.01. The first kappa shape index (κ1) is 27.0. The number of halogens is 2. The number of amides is 2. The number of carbonyl (C=O) groups excluding carboxylic acids is 2. The van der Waals surface area contributed by atoms with Gasteiger partial charge in [0.2, 0.25) is 0 Å². The van der Waals surface area contributed by atoms with Gasteiger partial charge >= 0.3 is 0 Å². The Morgan fingerprint density at radius 1 is 0.917 bits per heavy atom. The quantitative estimate of drug-likeness (QED) is 0.227. The predicted octanol–water partition coefficient (Wildman–Crippen LogP) is 5.68. The Bertz CT molecular complexity index is 1230.